The molecule has 128 valence electrons. The van der Waals surface area contributed by atoms with Crippen LogP contribution in [0.15, 0.2) is 53.3 Å². The first-order valence-corrected chi connectivity index (χ1v) is 8.31. The first kappa shape index (κ1) is 15.8. The molecule has 4 rings (SSSR count). The van der Waals surface area contributed by atoms with E-state index in [1.54, 1.807) is 12.4 Å². The van der Waals surface area contributed by atoms with Crippen LogP contribution in [-0.4, -0.2) is 34.1 Å². The van der Waals surface area contributed by atoms with Gasteiger partial charge in [0, 0.05) is 23.5 Å². The van der Waals surface area contributed by atoms with Crippen molar-refractivity contribution in [1.29, 1.82) is 0 Å². The number of hydrogen-bond acceptors (Lipinski definition) is 6. The van der Waals surface area contributed by atoms with E-state index in [2.05, 4.69) is 20.0 Å². The minimum absolute atomic E-state index is 0.0714. The summed E-state index contributed by atoms with van der Waals surface area (Å²) in [5.41, 5.74) is 1.88. The molecule has 0 atom stereocenters. The Hall–Kier alpha value is -2.73. The molecular weight excluding hydrogens is 316 g/mol. The average Bonchev–Trinajstić information content (AvgIpc) is 3.32. The molecule has 0 saturated heterocycles. The Labute approximate surface area is 146 Å². The van der Waals surface area contributed by atoms with E-state index in [0.717, 1.165) is 29.7 Å². The molecule has 3 aromatic rings. The fourth-order valence-corrected chi connectivity index (χ4v) is 2.85. The first-order valence-electron chi connectivity index (χ1n) is 8.31. The van der Waals surface area contributed by atoms with Gasteiger partial charge in [-0.1, -0.05) is 11.2 Å². The number of pyridine rings is 1. The van der Waals surface area contributed by atoms with Crippen molar-refractivity contribution in [2.75, 3.05) is 14.1 Å². The van der Waals surface area contributed by atoms with Gasteiger partial charge in [-0.3, -0.25) is 9.88 Å². The van der Waals surface area contributed by atoms with Gasteiger partial charge >= 0.3 is 0 Å². The molecule has 0 radical (unpaired) electrons. The third kappa shape index (κ3) is 3.13. The lowest BCUT2D eigenvalue weighted by molar-refractivity contribution is 0.208. The molecule has 1 aliphatic carbocycles. The number of aromatic nitrogens is 3. The summed E-state index contributed by atoms with van der Waals surface area (Å²) in [6.45, 7) is 0.491. The van der Waals surface area contributed by atoms with E-state index < -0.39 is 0 Å². The highest BCUT2D eigenvalue weighted by Gasteiger charge is 2.51. The van der Waals surface area contributed by atoms with E-state index in [4.69, 9.17) is 9.26 Å². The predicted molar refractivity (Wildman–Crippen MR) is 92.9 cm³/mol. The van der Waals surface area contributed by atoms with Gasteiger partial charge in [-0.25, -0.2) is 0 Å². The Morgan fingerprint density at radius 1 is 1.16 bits per heavy atom. The van der Waals surface area contributed by atoms with E-state index in [1.165, 1.54) is 0 Å². The maximum atomic E-state index is 5.77. The van der Waals surface area contributed by atoms with Crippen molar-refractivity contribution in [2.45, 2.75) is 25.0 Å². The molecule has 0 aliphatic heterocycles. The smallest absolute Gasteiger partial charge is 0.247 e. The molecule has 2 aromatic heterocycles. The SMILES string of the molecule is CN(C)C1(c2nc(-c3ccc(OCc4cccnc4)cc3)no2)CC1. The number of hydrogen-bond donors (Lipinski definition) is 0. The Kier molecular flexibility index (Phi) is 3.97. The zero-order valence-corrected chi connectivity index (χ0v) is 14.3. The fourth-order valence-electron chi connectivity index (χ4n) is 2.85. The van der Waals surface area contributed by atoms with Gasteiger partial charge in [0.25, 0.3) is 0 Å². The van der Waals surface area contributed by atoms with E-state index in [0.29, 0.717) is 18.3 Å². The number of nitrogens with zero attached hydrogens (tertiary/aromatic N) is 4. The van der Waals surface area contributed by atoms with Crippen LogP contribution >= 0.6 is 0 Å². The Bertz CT molecular complexity index is 839. The Balaban J connectivity index is 1.45. The molecule has 25 heavy (non-hydrogen) atoms. The number of rotatable bonds is 6. The maximum Gasteiger partial charge on any atom is 0.247 e. The minimum atomic E-state index is -0.0714. The highest BCUT2D eigenvalue weighted by molar-refractivity contribution is 5.55. The van der Waals surface area contributed by atoms with Crippen LogP contribution in [-0.2, 0) is 12.1 Å². The van der Waals surface area contributed by atoms with Gasteiger partial charge in [0.15, 0.2) is 0 Å². The standard InChI is InChI=1S/C19H20N4O2/c1-23(2)19(9-10-19)18-21-17(22-25-18)15-5-7-16(8-6-15)24-13-14-4-3-11-20-12-14/h3-8,11-12H,9-10,13H2,1-2H3. The second kappa shape index (κ2) is 6.29. The minimum Gasteiger partial charge on any atom is -0.489 e. The molecule has 0 amide bonds. The van der Waals surface area contributed by atoms with Crippen molar-refractivity contribution in [3.63, 3.8) is 0 Å². The van der Waals surface area contributed by atoms with Crippen molar-refractivity contribution in [2.24, 2.45) is 0 Å². The lowest BCUT2D eigenvalue weighted by Crippen LogP contribution is -2.27. The predicted octanol–water partition coefficient (Wildman–Crippen LogP) is 3.26. The quantitative estimate of drug-likeness (QED) is 0.688. The molecule has 1 aromatic carbocycles. The summed E-state index contributed by atoms with van der Waals surface area (Å²) in [7, 11) is 4.09. The summed E-state index contributed by atoms with van der Waals surface area (Å²) in [5, 5.41) is 4.14. The molecule has 0 N–H and O–H groups in total. The zero-order chi connectivity index (χ0) is 17.3. The van der Waals surface area contributed by atoms with E-state index >= 15 is 0 Å². The fraction of sp³-hybridized carbons (Fsp3) is 0.316. The molecule has 6 nitrogen and oxygen atoms in total. The highest BCUT2D eigenvalue weighted by Crippen LogP contribution is 2.49. The van der Waals surface area contributed by atoms with E-state index in [-0.39, 0.29) is 5.54 Å². The van der Waals surface area contributed by atoms with Gasteiger partial charge in [0.1, 0.15) is 17.9 Å². The lowest BCUT2D eigenvalue weighted by Gasteiger charge is -2.18. The average molecular weight is 336 g/mol. The van der Waals surface area contributed by atoms with E-state index in [9.17, 15) is 0 Å². The lowest BCUT2D eigenvalue weighted by atomic mass is 10.2. The molecule has 6 heteroatoms. The second-order valence-electron chi connectivity index (χ2n) is 6.52. The monoisotopic (exact) mass is 336 g/mol. The molecule has 2 heterocycles. The van der Waals surface area contributed by atoms with Crippen LogP contribution < -0.4 is 4.74 Å². The van der Waals surface area contributed by atoms with Gasteiger partial charge in [-0.2, -0.15) is 4.98 Å². The molecule has 0 unspecified atom stereocenters. The van der Waals surface area contributed by atoms with E-state index in [1.807, 2.05) is 50.5 Å². The summed E-state index contributed by atoms with van der Waals surface area (Å²) >= 11 is 0. The molecule has 1 aliphatic rings. The van der Waals surface area contributed by atoms with Crippen molar-refractivity contribution >= 4 is 0 Å². The third-order valence-electron chi connectivity index (χ3n) is 4.64. The van der Waals surface area contributed by atoms with Gasteiger partial charge in [0.2, 0.25) is 11.7 Å². The van der Waals surface area contributed by atoms with Crippen LogP contribution in [0.4, 0.5) is 0 Å². The molecule has 0 spiro atoms. The summed E-state index contributed by atoms with van der Waals surface area (Å²) < 4.78 is 11.3. The summed E-state index contributed by atoms with van der Waals surface area (Å²) in [4.78, 5) is 10.8. The van der Waals surface area contributed by atoms with Gasteiger partial charge < -0.3 is 9.26 Å². The van der Waals surface area contributed by atoms with Gasteiger partial charge in [-0.15, -0.1) is 0 Å². The van der Waals surface area contributed by atoms with Crippen LogP contribution in [0.2, 0.25) is 0 Å². The van der Waals surface area contributed by atoms with Crippen LogP contribution in [0, 0.1) is 0 Å². The van der Waals surface area contributed by atoms with Gasteiger partial charge in [0.05, 0.1) is 0 Å². The molecule has 1 saturated carbocycles. The van der Waals surface area contributed by atoms with Crippen molar-refractivity contribution in [3.05, 3.63) is 60.2 Å². The highest BCUT2D eigenvalue weighted by atomic mass is 16.5. The summed E-state index contributed by atoms with van der Waals surface area (Å²) in [6, 6.07) is 11.6. The van der Waals surface area contributed by atoms with Crippen molar-refractivity contribution in [3.8, 4) is 17.1 Å². The second-order valence-corrected chi connectivity index (χ2v) is 6.52. The maximum absolute atomic E-state index is 5.77. The zero-order valence-electron chi connectivity index (χ0n) is 14.3. The first-order chi connectivity index (χ1) is 12.2. The topological polar surface area (TPSA) is 64.3 Å². The van der Waals surface area contributed by atoms with Crippen LogP contribution in [0.1, 0.15) is 24.3 Å². The Morgan fingerprint density at radius 3 is 2.60 bits per heavy atom. The Morgan fingerprint density at radius 2 is 1.96 bits per heavy atom. The third-order valence-corrected chi connectivity index (χ3v) is 4.64. The number of benzene rings is 1. The summed E-state index contributed by atoms with van der Waals surface area (Å²) in [5.74, 6) is 2.11. The normalized spacial score (nSPS) is 15.3. The van der Waals surface area contributed by atoms with Crippen LogP contribution in [0.3, 0.4) is 0 Å². The van der Waals surface area contributed by atoms with Crippen molar-refractivity contribution in [1.82, 2.24) is 20.0 Å². The largest absolute Gasteiger partial charge is 0.489 e. The molecule has 1 fully saturated rings. The van der Waals surface area contributed by atoms with Gasteiger partial charge in [-0.05, 0) is 57.3 Å². The number of ether oxygens (including phenoxy) is 1. The van der Waals surface area contributed by atoms with Crippen LogP contribution in [0.25, 0.3) is 11.4 Å². The van der Waals surface area contributed by atoms with Crippen LogP contribution in [0.5, 0.6) is 5.75 Å². The summed E-state index contributed by atoms with van der Waals surface area (Å²) in [6.07, 6.45) is 5.67. The molecular formula is C19H20N4O2. The molecule has 0 bridgehead atoms. The van der Waals surface area contributed by atoms with Crippen molar-refractivity contribution < 1.29 is 9.26 Å².